The minimum absolute atomic E-state index is 0.299. The maximum Gasteiger partial charge on any atom is 0.0547 e. The summed E-state index contributed by atoms with van der Waals surface area (Å²) in [5.41, 5.74) is 0.299. The van der Waals surface area contributed by atoms with E-state index in [0.29, 0.717) is 11.5 Å². The molecule has 1 saturated heterocycles. The van der Waals surface area contributed by atoms with Crippen LogP contribution in [0.3, 0.4) is 0 Å². The summed E-state index contributed by atoms with van der Waals surface area (Å²) in [5, 5.41) is 5.77. The molecule has 1 aliphatic rings. The first-order valence-corrected chi connectivity index (χ1v) is 9.04. The van der Waals surface area contributed by atoms with Crippen molar-refractivity contribution in [3.05, 3.63) is 22.4 Å². The van der Waals surface area contributed by atoms with E-state index in [1.165, 1.54) is 17.7 Å². The molecule has 3 nitrogen and oxygen atoms in total. The molecule has 1 aromatic rings. The zero-order valence-corrected chi connectivity index (χ0v) is 14.5. The van der Waals surface area contributed by atoms with Crippen molar-refractivity contribution >= 4 is 11.3 Å². The number of nitrogens with one attached hydrogen (secondary N) is 1. The third-order valence-corrected chi connectivity index (χ3v) is 5.42. The van der Waals surface area contributed by atoms with Crippen LogP contribution in [0, 0.1) is 5.41 Å². The predicted octanol–water partition coefficient (Wildman–Crippen LogP) is 3.02. The molecule has 2 atom stereocenters. The molecule has 1 aliphatic heterocycles. The summed E-state index contributed by atoms with van der Waals surface area (Å²) in [5.74, 6) is 0. The van der Waals surface area contributed by atoms with Gasteiger partial charge in [0.25, 0.3) is 0 Å². The van der Waals surface area contributed by atoms with Crippen LogP contribution in [0.4, 0.5) is 0 Å². The molecule has 0 bridgehead atoms. The Morgan fingerprint density at radius 3 is 3.00 bits per heavy atom. The largest absolute Gasteiger partial charge is 0.381 e. The summed E-state index contributed by atoms with van der Waals surface area (Å²) >= 11 is 1.86. The first-order chi connectivity index (χ1) is 10.2. The van der Waals surface area contributed by atoms with Crippen LogP contribution >= 0.6 is 11.3 Å². The lowest BCUT2D eigenvalue weighted by atomic mass is 9.86. The zero-order valence-electron chi connectivity index (χ0n) is 13.7. The summed E-state index contributed by atoms with van der Waals surface area (Å²) in [6.07, 6.45) is 3.52. The lowest BCUT2D eigenvalue weighted by Gasteiger charge is -2.35. The highest BCUT2D eigenvalue weighted by Crippen LogP contribution is 2.29. The molecule has 0 spiro atoms. The highest BCUT2D eigenvalue weighted by atomic mass is 32.1. The molecular formula is C17H30N2OS. The smallest absolute Gasteiger partial charge is 0.0547 e. The van der Waals surface area contributed by atoms with Crippen LogP contribution in [0.2, 0.25) is 0 Å². The minimum atomic E-state index is 0.299. The van der Waals surface area contributed by atoms with Crippen LogP contribution in [-0.4, -0.2) is 50.8 Å². The van der Waals surface area contributed by atoms with Crippen molar-refractivity contribution in [3.63, 3.8) is 0 Å². The predicted molar refractivity (Wildman–Crippen MR) is 91.1 cm³/mol. The van der Waals surface area contributed by atoms with E-state index in [-0.39, 0.29) is 0 Å². The van der Waals surface area contributed by atoms with E-state index >= 15 is 0 Å². The standard InChI is InChI=1S/C17H30N2OS/c1-4-8-18-12-17(7-9-20-14-17)13-19(3)15(2)11-16-6-5-10-21-16/h5-6,10,15,18H,4,7-9,11-14H2,1-3H3. The number of nitrogens with zero attached hydrogens (tertiary/aromatic N) is 1. The number of ether oxygens (including phenoxy) is 1. The SMILES string of the molecule is CCCNCC1(CN(C)C(C)Cc2cccs2)CCOC1. The molecule has 120 valence electrons. The summed E-state index contributed by atoms with van der Waals surface area (Å²) in [6, 6.07) is 4.97. The lowest BCUT2D eigenvalue weighted by molar-refractivity contribution is 0.104. The number of hydrogen-bond acceptors (Lipinski definition) is 4. The quantitative estimate of drug-likeness (QED) is 0.710. The molecule has 4 heteroatoms. The van der Waals surface area contributed by atoms with Crippen molar-refractivity contribution in [1.82, 2.24) is 10.2 Å². The third-order valence-electron chi connectivity index (χ3n) is 4.53. The van der Waals surface area contributed by atoms with Crippen molar-refractivity contribution in [1.29, 1.82) is 0 Å². The highest BCUT2D eigenvalue weighted by Gasteiger charge is 2.36. The van der Waals surface area contributed by atoms with Gasteiger partial charge in [0.2, 0.25) is 0 Å². The molecule has 0 amide bonds. The van der Waals surface area contributed by atoms with Crippen LogP contribution in [0.15, 0.2) is 17.5 Å². The van der Waals surface area contributed by atoms with Crippen molar-refractivity contribution < 1.29 is 4.74 Å². The first-order valence-electron chi connectivity index (χ1n) is 8.16. The van der Waals surface area contributed by atoms with E-state index in [0.717, 1.165) is 39.3 Å². The van der Waals surface area contributed by atoms with E-state index in [9.17, 15) is 0 Å². The van der Waals surface area contributed by atoms with Crippen molar-refractivity contribution in [2.24, 2.45) is 5.41 Å². The molecule has 0 aliphatic carbocycles. The Balaban J connectivity index is 1.86. The number of thiophene rings is 1. The highest BCUT2D eigenvalue weighted by molar-refractivity contribution is 7.09. The monoisotopic (exact) mass is 310 g/mol. The number of likely N-dealkylation sites (N-methyl/N-ethyl adjacent to an activating group) is 1. The maximum absolute atomic E-state index is 5.71. The normalized spacial score (nSPS) is 23.8. The van der Waals surface area contributed by atoms with E-state index in [1.54, 1.807) is 0 Å². The van der Waals surface area contributed by atoms with Crippen LogP contribution in [0.1, 0.15) is 31.6 Å². The summed E-state index contributed by atoms with van der Waals surface area (Å²) in [4.78, 5) is 4.00. The van der Waals surface area contributed by atoms with Gasteiger partial charge >= 0.3 is 0 Å². The Morgan fingerprint density at radius 1 is 1.52 bits per heavy atom. The molecule has 1 N–H and O–H groups in total. The Kier molecular flexibility index (Phi) is 6.68. The number of rotatable bonds is 9. The van der Waals surface area contributed by atoms with Gasteiger partial charge in [-0.15, -0.1) is 11.3 Å². The third kappa shape index (κ3) is 5.06. The fourth-order valence-electron chi connectivity index (χ4n) is 3.06. The first kappa shape index (κ1) is 16.9. The second kappa shape index (κ2) is 8.28. The second-order valence-corrected chi connectivity index (χ2v) is 7.56. The molecule has 2 unspecified atom stereocenters. The van der Waals surface area contributed by atoms with E-state index < -0.39 is 0 Å². The second-order valence-electron chi connectivity index (χ2n) is 6.53. The fraction of sp³-hybridized carbons (Fsp3) is 0.765. The molecular weight excluding hydrogens is 280 g/mol. The van der Waals surface area contributed by atoms with Gasteiger partial charge in [0.15, 0.2) is 0 Å². The molecule has 21 heavy (non-hydrogen) atoms. The summed E-state index contributed by atoms with van der Waals surface area (Å²) < 4.78 is 5.71. The Morgan fingerprint density at radius 2 is 2.38 bits per heavy atom. The average molecular weight is 311 g/mol. The molecule has 1 fully saturated rings. The van der Waals surface area contributed by atoms with Crippen LogP contribution in [0.5, 0.6) is 0 Å². The molecule has 2 rings (SSSR count). The Bertz CT molecular complexity index is 388. The number of hydrogen-bond donors (Lipinski definition) is 1. The van der Waals surface area contributed by atoms with Gasteiger partial charge in [-0.1, -0.05) is 13.0 Å². The molecule has 0 aromatic carbocycles. The molecule has 1 aromatic heterocycles. The van der Waals surface area contributed by atoms with Gasteiger partial charge in [0.1, 0.15) is 0 Å². The Labute approximate surface area is 133 Å². The van der Waals surface area contributed by atoms with Crippen LogP contribution in [-0.2, 0) is 11.2 Å². The van der Waals surface area contributed by atoms with Gasteiger partial charge in [-0.05, 0) is 51.2 Å². The fourth-order valence-corrected chi connectivity index (χ4v) is 3.89. The lowest BCUT2D eigenvalue weighted by Crippen LogP contribution is -2.46. The molecule has 0 saturated carbocycles. The van der Waals surface area contributed by atoms with Gasteiger partial charge in [-0.25, -0.2) is 0 Å². The van der Waals surface area contributed by atoms with Gasteiger partial charge in [-0.3, -0.25) is 0 Å². The minimum Gasteiger partial charge on any atom is -0.381 e. The van der Waals surface area contributed by atoms with Crippen molar-refractivity contribution in [2.45, 2.75) is 39.2 Å². The molecule has 2 heterocycles. The summed E-state index contributed by atoms with van der Waals surface area (Å²) in [6.45, 7) is 9.69. The van der Waals surface area contributed by atoms with Crippen molar-refractivity contribution in [2.75, 3.05) is 39.9 Å². The van der Waals surface area contributed by atoms with Gasteiger partial charge < -0.3 is 15.0 Å². The van der Waals surface area contributed by atoms with Crippen molar-refractivity contribution in [3.8, 4) is 0 Å². The van der Waals surface area contributed by atoms with Gasteiger partial charge in [0.05, 0.1) is 6.61 Å². The topological polar surface area (TPSA) is 24.5 Å². The maximum atomic E-state index is 5.71. The van der Waals surface area contributed by atoms with E-state index in [2.05, 4.69) is 48.6 Å². The van der Waals surface area contributed by atoms with E-state index in [4.69, 9.17) is 4.74 Å². The summed E-state index contributed by atoms with van der Waals surface area (Å²) in [7, 11) is 2.26. The van der Waals surface area contributed by atoms with Gasteiger partial charge in [0, 0.05) is 36.0 Å². The molecule has 0 radical (unpaired) electrons. The van der Waals surface area contributed by atoms with Gasteiger partial charge in [-0.2, -0.15) is 0 Å². The van der Waals surface area contributed by atoms with E-state index in [1.807, 2.05) is 11.3 Å². The van der Waals surface area contributed by atoms with Crippen LogP contribution < -0.4 is 5.32 Å². The average Bonchev–Trinajstić information content (AvgIpc) is 3.11. The zero-order chi connectivity index (χ0) is 15.1. The Hall–Kier alpha value is -0.420. The van der Waals surface area contributed by atoms with Crippen LogP contribution in [0.25, 0.3) is 0 Å².